The van der Waals surface area contributed by atoms with Gasteiger partial charge in [-0.15, -0.1) is 0 Å². The minimum Gasteiger partial charge on any atom is -0.438 e. The molecule has 0 unspecified atom stereocenters. The van der Waals surface area contributed by atoms with E-state index in [2.05, 4.69) is 9.97 Å². The first-order chi connectivity index (χ1) is 12.6. The standard InChI is InChI=1S/C19H15Cl2N3O2/c1-2-24(15-4-3-9-22-12-15)19(25)13-10-17(21)18(23-11-13)26-16-7-5-14(20)6-8-16/h3-12H,2H2,1H3. The first-order valence-corrected chi connectivity index (χ1v) is 8.65. The van der Waals surface area contributed by atoms with Crippen LogP contribution in [-0.2, 0) is 0 Å². The third kappa shape index (κ3) is 4.12. The van der Waals surface area contributed by atoms with Crippen molar-refractivity contribution in [1.82, 2.24) is 9.97 Å². The fourth-order valence-corrected chi connectivity index (χ4v) is 2.68. The molecule has 0 aliphatic heterocycles. The Morgan fingerprint density at radius 1 is 1.15 bits per heavy atom. The van der Waals surface area contributed by atoms with E-state index in [9.17, 15) is 4.79 Å². The van der Waals surface area contributed by atoms with E-state index in [0.29, 0.717) is 28.6 Å². The number of rotatable bonds is 5. The molecule has 26 heavy (non-hydrogen) atoms. The monoisotopic (exact) mass is 387 g/mol. The molecular weight excluding hydrogens is 373 g/mol. The van der Waals surface area contributed by atoms with E-state index in [-0.39, 0.29) is 16.8 Å². The molecule has 1 amide bonds. The van der Waals surface area contributed by atoms with Crippen LogP contribution in [0, 0.1) is 0 Å². The van der Waals surface area contributed by atoms with Crippen LogP contribution in [0.3, 0.4) is 0 Å². The number of ether oxygens (including phenoxy) is 1. The molecular formula is C19H15Cl2N3O2. The van der Waals surface area contributed by atoms with Crippen molar-refractivity contribution < 1.29 is 9.53 Å². The lowest BCUT2D eigenvalue weighted by atomic mass is 10.2. The molecule has 0 aliphatic rings. The summed E-state index contributed by atoms with van der Waals surface area (Å²) in [6.07, 6.45) is 4.73. The maximum Gasteiger partial charge on any atom is 0.259 e. The third-order valence-electron chi connectivity index (χ3n) is 3.60. The lowest BCUT2D eigenvalue weighted by Gasteiger charge is -2.20. The summed E-state index contributed by atoms with van der Waals surface area (Å²) in [5, 5.41) is 0.848. The molecule has 1 aromatic carbocycles. The normalized spacial score (nSPS) is 10.4. The largest absolute Gasteiger partial charge is 0.438 e. The van der Waals surface area contributed by atoms with Crippen molar-refractivity contribution in [2.24, 2.45) is 0 Å². The van der Waals surface area contributed by atoms with Crippen LogP contribution >= 0.6 is 23.2 Å². The van der Waals surface area contributed by atoms with Gasteiger partial charge in [0.2, 0.25) is 5.88 Å². The zero-order valence-corrected chi connectivity index (χ0v) is 15.4. The van der Waals surface area contributed by atoms with Crippen LogP contribution in [0.5, 0.6) is 11.6 Å². The van der Waals surface area contributed by atoms with Gasteiger partial charge in [0, 0.05) is 24.0 Å². The lowest BCUT2D eigenvalue weighted by molar-refractivity contribution is 0.0988. The molecule has 2 heterocycles. The number of halogens is 2. The summed E-state index contributed by atoms with van der Waals surface area (Å²) in [6.45, 7) is 2.38. The number of pyridine rings is 2. The summed E-state index contributed by atoms with van der Waals surface area (Å²) >= 11 is 12.1. The molecule has 132 valence electrons. The van der Waals surface area contributed by atoms with Crippen molar-refractivity contribution in [3.63, 3.8) is 0 Å². The second-order valence-corrected chi connectivity index (χ2v) is 6.17. The molecule has 0 N–H and O–H groups in total. The Bertz CT molecular complexity index is 902. The van der Waals surface area contributed by atoms with Crippen LogP contribution in [0.25, 0.3) is 0 Å². The van der Waals surface area contributed by atoms with Gasteiger partial charge in [-0.2, -0.15) is 0 Å². The number of carbonyl (C=O) groups excluding carboxylic acids is 1. The van der Waals surface area contributed by atoms with Gasteiger partial charge in [0.15, 0.2) is 0 Å². The molecule has 0 bridgehead atoms. The molecule has 0 aliphatic carbocycles. The number of hydrogen-bond donors (Lipinski definition) is 0. The van der Waals surface area contributed by atoms with E-state index in [1.165, 1.54) is 6.20 Å². The average Bonchev–Trinajstić information content (AvgIpc) is 2.66. The van der Waals surface area contributed by atoms with Gasteiger partial charge < -0.3 is 9.64 Å². The summed E-state index contributed by atoms with van der Waals surface area (Å²) in [7, 11) is 0. The van der Waals surface area contributed by atoms with Gasteiger partial charge in [-0.25, -0.2) is 4.98 Å². The second kappa shape index (κ2) is 8.17. The van der Waals surface area contributed by atoms with Gasteiger partial charge in [0.1, 0.15) is 10.8 Å². The van der Waals surface area contributed by atoms with Gasteiger partial charge >= 0.3 is 0 Å². The quantitative estimate of drug-likeness (QED) is 0.600. The minimum atomic E-state index is -0.215. The summed E-state index contributed by atoms with van der Waals surface area (Å²) in [5.41, 5.74) is 1.07. The number of anilines is 1. The number of nitrogens with zero attached hydrogens (tertiary/aromatic N) is 3. The molecule has 0 radical (unpaired) electrons. The van der Waals surface area contributed by atoms with Crippen molar-refractivity contribution in [1.29, 1.82) is 0 Å². The summed E-state index contributed by atoms with van der Waals surface area (Å²) < 4.78 is 5.63. The summed E-state index contributed by atoms with van der Waals surface area (Å²) in [4.78, 5) is 22.6. The number of aromatic nitrogens is 2. The Morgan fingerprint density at radius 3 is 2.54 bits per heavy atom. The van der Waals surface area contributed by atoms with Crippen LogP contribution in [0.4, 0.5) is 5.69 Å². The fraction of sp³-hybridized carbons (Fsp3) is 0.105. The van der Waals surface area contributed by atoms with Crippen LogP contribution in [0.1, 0.15) is 17.3 Å². The highest BCUT2D eigenvalue weighted by atomic mass is 35.5. The van der Waals surface area contributed by atoms with Crippen LogP contribution in [0.2, 0.25) is 10.0 Å². The second-order valence-electron chi connectivity index (χ2n) is 5.33. The van der Waals surface area contributed by atoms with Gasteiger partial charge in [-0.1, -0.05) is 23.2 Å². The Hall–Kier alpha value is -2.63. The number of benzene rings is 1. The van der Waals surface area contributed by atoms with Crippen molar-refractivity contribution in [3.8, 4) is 11.6 Å². The van der Waals surface area contributed by atoms with E-state index in [0.717, 1.165) is 0 Å². The van der Waals surface area contributed by atoms with Crippen LogP contribution < -0.4 is 9.64 Å². The Kier molecular flexibility index (Phi) is 5.71. The van der Waals surface area contributed by atoms with Crippen molar-refractivity contribution in [3.05, 3.63) is 76.7 Å². The van der Waals surface area contributed by atoms with Gasteiger partial charge in [-0.05, 0) is 49.4 Å². The SMILES string of the molecule is CCN(C(=O)c1cnc(Oc2ccc(Cl)cc2)c(Cl)c1)c1cccnc1. The summed E-state index contributed by atoms with van der Waals surface area (Å²) in [6, 6.07) is 12.0. The predicted molar refractivity (Wildman–Crippen MR) is 102 cm³/mol. The van der Waals surface area contributed by atoms with E-state index in [1.54, 1.807) is 53.7 Å². The molecule has 3 aromatic rings. The predicted octanol–water partition coefficient (Wildman–Crippen LogP) is 5.24. The first kappa shape index (κ1) is 18.2. The minimum absolute atomic E-state index is 0.215. The Balaban J connectivity index is 1.82. The maximum absolute atomic E-state index is 12.8. The maximum atomic E-state index is 12.8. The smallest absolute Gasteiger partial charge is 0.259 e. The number of carbonyl (C=O) groups is 1. The van der Waals surface area contributed by atoms with E-state index in [1.807, 2.05) is 13.0 Å². The zero-order chi connectivity index (χ0) is 18.5. The van der Waals surface area contributed by atoms with Gasteiger partial charge in [0.05, 0.1) is 17.4 Å². The molecule has 3 rings (SSSR count). The average molecular weight is 388 g/mol. The van der Waals surface area contributed by atoms with Crippen LogP contribution in [0.15, 0.2) is 61.1 Å². The molecule has 0 atom stereocenters. The number of hydrogen-bond acceptors (Lipinski definition) is 4. The van der Waals surface area contributed by atoms with Crippen LogP contribution in [-0.4, -0.2) is 22.4 Å². The zero-order valence-electron chi connectivity index (χ0n) is 13.9. The highest BCUT2D eigenvalue weighted by molar-refractivity contribution is 6.32. The van der Waals surface area contributed by atoms with E-state index >= 15 is 0 Å². The molecule has 0 saturated carbocycles. The third-order valence-corrected chi connectivity index (χ3v) is 4.12. The molecule has 0 spiro atoms. The highest BCUT2D eigenvalue weighted by Crippen LogP contribution is 2.29. The molecule has 0 fully saturated rings. The number of amides is 1. The Labute approximate surface area is 161 Å². The molecule has 0 saturated heterocycles. The summed E-state index contributed by atoms with van der Waals surface area (Å²) in [5.74, 6) is 0.552. The van der Waals surface area contributed by atoms with Gasteiger partial charge in [-0.3, -0.25) is 9.78 Å². The molecule has 5 nitrogen and oxygen atoms in total. The molecule has 2 aromatic heterocycles. The van der Waals surface area contributed by atoms with Crippen molar-refractivity contribution in [2.75, 3.05) is 11.4 Å². The Morgan fingerprint density at radius 2 is 1.92 bits per heavy atom. The highest BCUT2D eigenvalue weighted by Gasteiger charge is 2.18. The van der Waals surface area contributed by atoms with Crippen molar-refractivity contribution >= 4 is 34.8 Å². The van der Waals surface area contributed by atoms with Crippen molar-refractivity contribution in [2.45, 2.75) is 6.92 Å². The fourth-order valence-electron chi connectivity index (χ4n) is 2.34. The van der Waals surface area contributed by atoms with E-state index in [4.69, 9.17) is 27.9 Å². The first-order valence-electron chi connectivity index (χ1n) is 7.89. The molecule has 7 heteroatoms. The topological polar surface area (TPSA) is 55.3 Å². The van der Waals surface area contributed by atoms with E-state index < -0.39 is 0 Å². The van der Waals surface area contributed by atoms with Gasteiger partial charge in [0.25, 0.3) is 5.91 Å². The lowest BCUT2D eigenvalue weighted by Crippen LogP contribution is -2.30.